The zero-order valence-electron chi connectivity index (χ0n) is 11.3. The first-order chi connectivity index (χ1) is 7.99. The van der Waals surface area contributed by atoms with Crippen LogP contribution in [0, 0.1) is 5.41 Å². The van der Waals surface area contributed by atoms with E-state index in [4.69, 9.17) is 10.3 Å². The van der Waals surface area contributed by atoms with Gasteiger partial charge in [0.15, 0.2) is 5.82 Å². The van der Waals surface area contributed by atoms with Crippen LogP contribution >= 0.6 is 0 Å². The molecule has 1 atom stereocenters. The first kappa shape index (κ1) is 12.6. The number of rotatable bonds is 5. The van der Waals surface area contributed by atoms with Gasteiger partial charge in [-0.3, -0.25) is 0 Å². The van der Waals surface area contributed by atoms with E-state index in [0.717, 1.165) is 31.0 Å². The molecule has 2 rings (SSSR count). The van der Waals surface area contributed by atoms with Crippen molar-refractivity contribution >= 4 is 0 Å². The van der Waals surface area contributed by atoms with Crippen molar-refractivity contribution in [1.29, 1.82) is 0 Å². The molecule has 17 heavy (non-hydrogen) atoms. The second-order valence-electron chi connectivity index (χ2n) is 5.89. The highest BCUT2D eigenvalue weighted by Gasteiger charge is 2.50. The van der Waals surface area contributed by atoms with E-state index in [9.17, 15) is 0 Å². The van der Waals surface area contributed by atoms with Gasteiger partial charge in [-0.25, -0.2) is 0 Å². The van der Waals surface area contributed by atoms with Gasteiger partial charge >= 0.3 is 0 Å². The van der Waals surface area contributed by atoms with Gasteiger partial charge < -0.3 is 10.3 Å². The highest BCUT2D eigenvalue weighted by atomic mass is 16.5. The minimum atomic E-state index is -0.135. The highest BCUT2D eigenvalue weighted by molar-refractivity contribution is 5.16. The second kappa shape index (κ2) is 4.09. The van der Waals surface area contributed by atoms with Crippen molar-refractivity contribution in [2.45, 2.75) is 58.3 Å². The molecule has 0 aliphatic heterocycles. The lowest BCUT2D eigenvalue weighted by molar-refractivity contribution is 0.266. The third kappa shape index (κ3) is 1.99. The molecule has 0 radical (unpaired) electrons. The molecular weight excluding hydrogens is 214 g/mol. The number of nitrogens with two attached hydrogens (primary N) is 1. The molecule has 1 fully saturated rings. The fraction of sp³-hybridized carbons (Fsp3) is 0.846. The van der Waals surface area contributed by atoms with Crippen LogP contribution in [-0.2, 0) is 5.41 Å². The van der Waals surface area contributed by atoms with Gasteiger partial charge in [0.25, 0.3) is 0 Å². The Hall–Kier alpha value is -0.900. The van der Waals surface area contributed by atoms with Gasteiger partial charge in [-0.05, 0) is 24.7 Å². The van der Waals surface area contributed by atoms with Gasteiger partial charge in [0, 0.05) is 12.5 Å². The fourth-order valence-electron chi connectivity index (χ4n) is 2.43. The number of hydrogen-bond donors (Lipinski definition) is 1. The van der Waals surface area contributed by atoms with Gasteiger partial charge in [0.1, 0.15) is 0 Å². The summed E-state index contributed by atoms with van der Waals surface area (Å²) in [6.45, 7) is 9.30. The summed E-state index contributed by atoms with van der Waals surface area (Å²) in [5.74, 6) is 2.05. The summed E-state index contributed by atoms with van der Waals surface area (Å²) in [5, 5.41) is 4.14. The molecule has 0 bridgehead atoms. The van der Waals surface area contributed by atoms with Gasteiger partial charge in [-0.2, -0.15) is 4.98 Å². The maximum Gasteiger partial charge on any atom is 0.234 e. The molecule has 1 heterocycles. The van der Waals surface area contributed by atoms with Crippen LogP contribution in [0.15, 0.2) is 4.52 Å². The molecule has 2 N–H and O–H groups in total. The third-order valence-electron chi connectivity index (χ3n) is 4.46. The van der Waals surface area contributed by atoms with Crippen molar-refractivity contribution in [3.05, 3.63) is 11.7 Å². The molecular formula is C13H23N3O. The molecule has 0 aromatic carbocycles. The molecule has 0 saturated heterocycles. The van der Waals surface area contributed by atoms with Crippen LogP contribution in [0.25, 0.3) is 0 Å². The van der Waals surface area contributed by atoms with E-state index in [1.165, 1.54) is 0 Å². The lowest BCUT2D eigenvalue weighted by atomic mass is 9.82. The van der Waals surface area contributed by atoms with E-state index in [1.807, 2.05) is 0 Å². The number of hydrogen-bond acceptors (Lipinski definition) is 4. The summed E-state index contributed by atoms with van der Waals surface area (Å²) in [4.78, 5) is 4.60. The minimum Gasteiger partial charge on any atom is -0.339 e. The normalized spacial score (nSPS) is 22.8. The summed E-state index contributed by atoms with van der Waals surface area (Å²) in [6, 6.07) is 0. The van der Waals surface area contributed by atoms with Gasteiger partial charge in [-0.15, -0.1) is 0 Å². The molecule has 0 amide bonds. The van der Waals surface area contributed by atoms with E-state index in [-0.39, 0.29) is 5.41 Å². The van der Waals surface area contributed by atoms with Crippen molar-refractivity contribution < 1.29 is 4.52 Å². The quantitative estimate of drug-likeness (QED) is 0.855. The molecule has 1 aliphatic rings. The Labute approximate surface area is 103 Å². The Bertz CT molecular complexity index is 385. The van der Waals surface area contributed by atoms with Crippen LogP contribution in [0.1, 0.15) is 64.6 Å². The average Bonchev–Trinajstić information content (AvgIpc) is 2.77. The molecule has 96 valence electrons. The standard InChI is InChI=1S/C13H23N3O/c1-5-13(6-2,8-14)11-15-10(16-17-11)9-7-12(9,3)4/h9H,5-8,14H2,1-4H3. The summed E-state index contributed by atoms with van der Waals surface area (Å²) in [7, 11) is 0. The van der Waals surface area contributed by atoms with Crippen molar-refractivity contribution in [3.8, 4) is 0 Å². The van der Waals surface area contributed by atoms with Crippen LogP contribution in [0.2, 0.25) is 0 Å². The predicted octanol–water partition coefficient (Wildman–Crippen LogP) is 2.60. The second-order valence-corrected chi connectivity index (χ2v) is 5.89. The zero-order valence-corrected chi connectivity index (χ0v) is 11.3. The maximum absolute atomic E-state index is 5.89. The van der Waals surface area contributed by atoms with Crippen molar-refractivity contribution in [1.82, 2.24) is 10.1 Å². The van der Waals surface area contributed by atoms with E-state index in [2.05, 4.69) is 37.8 Å². The Morgan fingerprint density at radius 3 is 2.41 bits per heavy atom. The largest absolute Gasteiger partial charge is 0.339 e. The summed E-state index contributed by atoms with van der Waals surface area (Å²) < 4.78 is 5.46. The van der Waals surface area contributed by atoms with Gasteiger partial charge in [-0.1, -0.05) is 32.9 Å². The maximum atomic E-state index is 5.89. The molecule has 4 nitrogen and oxygen atoms in total. The minimum absolute atomic E-state index is 0.135. The lowest BCUT2D eigenvalue weighted by Gasteiger charge is -2.24. The SMILES string of the molecule is CCC(CC)(CN)c1nc(C2CC2(C)C)no1. The van der Waals surface area contributed by atoms with E-state index >= 15 is 0 Å². The van der Waals surface area contributed by atoms with Crippen LogP contribution in [0.4, 0.5) is 0 Å². The molecule has 1 aromatic heterocycles. The summed E-state index contributed by atoms with van der Waals surface area (Å²) >= 11 is 0. The van der Waals surface area contributed by atoms with Crippen LogP contribution in [0.3, 0.4) is 0 Å². The van der Waals surface area contributed by atoms with Crippen LogP contribution in [-0.4, -0.2) is 16.7 Å². The van der Waals surface area contributed by atoms with Crippen molar-refractivity contribution in [3.63, 3.8) is 0 Å². The molecule has 4 heteroatoms. The third-order valence-corrected chi connectivity index (χ3v) is 4.46. The van der Waals surface area contributed by atoms with Gasteiger partial charge in [0.2, 0.25) is 5.89 Å². The Morgan fingerprint density at radius 1 is 1.41 bits per heavy atom. The monoisotopic (exact) mass is 237 g/mol. The van der Waals surface area contributed by atoms with Crippen LogP contribution in [0.5, 0.6) is 0 Å². The topological polar surface area (TPSA) is 64.9 Å². The molecule has 1 unspecified atom stereocenters. The number of aromatic nitrogens is 2. The molecule has 1 aliphatic carbocycles. The van der Waals surface area contributed by atoms with Crippen molar-refractivity contribution in [2.24, 2.45) is 11.1 Å². The molecule has 0 spiro atoms. The Kier molecular flexibility index (Phi) is 3.02. The summed E-state index contributed by atoms with van der Waals surface area (Å²) in [5.41, 5.74) is 6.09. The highest BCUT2D eigenvalue weighted by Crippen LogP contribution is 2.57. The average molecular weight is 237 g/mol. The lowest BCUT2D eigenvalue weighted by Crippen LogP contribution is -2.34. The Morgan fingerprint density at radius 2 is 2.00 bits per heavy atom. The van der Waals surface area contributed by atoms with E-state index < -0.39 is 0 Å². The van der Waals surface area contributed by atoms with Gasteiger partial charge in [0.05, 0.1) is 5.41 Å². The van der Waals surface area contributed by atoms with E-state index in [0.29, 0.717) is 17.9 Å². The summed E-state index contributed by atoms with van der Waals surface area (Å²) in [6.07, 6.45) is 3.03. The fourth-order valence-corrected chi connectivity index (χ4v) is 2.43. The zero-order chi connectivity index (χ0) is 12.7. The molecule has 1 saturated carbocycles. The predicted molar refractivity (Wildman–Crippen MR) is 66.8 cm³/mol. The first-order valence-electron chi connectivity index (χ1n) is 6.53. The first-order valence-corrected chi connectivity index (χ1v) is 6.53. The number of nitrogens with zero attached hydrogens (tertiary/aromatic N) is 2. The smallest absolute Gasteiger partial charge is 0.234 e. The molecule has 1 aromatic rings. The van der Waals surface area contributed by atoms with Crippen molar-refractivity contribution in [2.75, 3.05) is 6.54 Å². The van der Waals surface area contributed by atoms with Crippen LogP contribution < -0.4 is 5.73 Å². The Balaban J connectivity index is 2.23. The van der Waals surface area contributed by atoms with E-state index in [1.54, 1.807) is 0 Å².